The molecule has 1 aromatic heterocycles. The van der Waals surface area contributed by atoms with Gasteiger partial charge in [0.15, 0.2) is 5.89 Å². The molecule has 0 aliphatic rings. The van der Waals surface area contributed by atoms with E-state index >= 15 is 0 Å². The standard InChI is InChI=1S/C15H17NO4/c1-3-4-9-18-12-5-7-13(8-6-12)20-15(17)14-10-16-11(2)19-14/h5-8,10H,3-4,9H2,1-2H3. The fraction of sp³-hybridized carbons (Fsp3) is 0.333. The van der Waals surface area contributed by atoms with Gasteiger partial charge in [0, 0.05) is 6.92 Å². The Bertz CT molecular complexity index is 560. The highest BCUT2D eigenvalue weighted by Gasteiger charge is 2.13. The maximum Gasteiger partial charge on any atom is 0.381 e. The maximum atomic E-state index is 11.7. The summed E-state index contributed by atoms with van der Waals surface area (Å²) in [6, 6.07) is 6.90. The van der Waals surface area contributed by atoms with E-state index in [0.29, 0.717) is 18.2 Å². The predicted octanol–water partition coefficient (Wildman–Crippen LogP) is 3.38. The number of rotatable bonds is 6. The van der Waals surface area contributed by atoms with Crippen LogP contribution in [-0.2, 0) is 0 Å². The molecule has 0 aliphatic heterocycles. The third kappa shape index (κ3) is 3.85. The molecule has 0 radical (unpaired) electrons. The lowest BCUT2D eigenvalue weighted by atomic mass is 10.3. The van der Waals surface area contributed by atoms with Gasteiger partial charge in [-0.15, -0.1) is 0 Å². The van der Waals surface area contributed by atoms with E-state index in [0.717, 1.165) is 18.6 Å². The van der Waals surface area contributed by atoms with Crippen molar-refractivity contribution in [3.05, 3.63) is 42.1 Å². The van der Waals surface area contributed by atoms with Gasteiger partial charge >= 0.3 is 5.97 Å². The molecule has 0 aliphatic carbocycles. The number of oxazole rings is 1. The summed E-state index contributed by atoms with van der Waals surface area (Å²) in [4.78, 5) is 15.6. The van der Waals surface area contributed by atoms with E-state index in [1.165, 1.54) is 6.20 Å². The number of carbonyl (C=O) groups excluding carboxylic acids is 1. The molecule has 0 atom stereocenters. The lowest BCUT2D eigenvalue weighted by molar-refractivity contribution is 0.0699. The zero-order valence-electron chi connectivity index (χ0n) is 11.6. The van der Waals surface area contributed by atoms with E-state index < -0.39 is 5.97 Å². The van der Waals surface area contributed by atoms with Crippen molar-refractivity contribution < 1.29 is 18.7 Å². The average molecular weight is 275 g/mol. The summed E-state index contributed by atoms with van der Waals surface area (Å²) in [5.74, 6) is 1.15. The van der Waals surface area contributed by atoms with Crippen molar-refractivity contribution in [1.82, 2.24) is 4.98 Å². The molecule has 20 heavy (non-hydrogen) atoms. The highest BCUT2D eigenvalue weighted by atomic mass is 16.5. The first-order valence-corrected chi connectivity index (χ1v) is 6.56. The molecule has 5 heteroatoms. The van der Waals surface area contributed by atoms with Crippen LogP contribution in [-0.4, -0.2) is 17.6 Å². The van der Waals surface area contributed by atoms with Crippen molar-refractivity contribution in [1.29, 1.82) is 0 Å². The first-order chi connectivity index (χ1) is 9.69. The summed E-state index contributed by atoms with van der Waals surface area (Å²) in [6.45, 7) is 4.46. The zero-order chi connectivity index (χ0) is 14.4. The van der Waals surface area contributed by atoms with Gasteiger partial charge in [0.1, 0.15) is 11.5 Å². The summed E-state index contributed by atoms with van der Waals surface area (Å²) < 4.78 is 15.8. The minimum absolute atomic E-state index is 0.0887. The molecule has 0 amide bonds. The molecule has 0 unspecified atom stereocenters. The van der Waals surface area contributed by atoms with Crippen LogP contribution in [0.5, 0.6) is 11.5 Å². The Morgan fingerprint density at radius 1 is 1.25 bits per heavy atom. The van der Waals surface area contributed by atoms with Gasteiger partial charge in [-0.3, -0.25) is 0 Å². The van der Waals surface area contributed by atoms with Crippen molar-refractivity contribution in [2.45, 2.75) is 26.7 Å². The number of unbranched alkanes of at least 4 members (excludes halogenated alkanes) is 1. The SMILES string of the molecule is CCCCOc1ccc(OC(=O)c2cnc(C)o2)cc1. The van der Waals surface area contributed by atoms with Crippen molar-refractivity contribution in [2.75, 3.05) is 6.61 Å². The summed E-state index contributed by atoms with van der Waals surface area (Å²) in [6.07, 6.45) is 3.45. The number of hydrogen-bond acceptors (Lipinski definition) is 5. The largest absolute Gasteiger partial charge is 0.494 e. The van der Waals surface area contributed by atoms with E-state index in [4.69, 9.17) is 13.9 Å². The molecule has 2 rings (SSSR count). The summed E-state index contributed by atoms with van der Waals surface area (Å²) in [5.41, 5.74) is 0. The third-order valence-corrected chi connectivity index (χ3v) is 2.62. The first kappa shape index (κ1) is 14.1. The number of hydrogen-bond donors (Lipinski definition) is 0. The van der Waals surface area contributed by atoms with E-state index in [2.05, 4.69) is 11.9 Å². The number of nitrogens with zero attached hydrogens (tertiary/aromatic N) is 1. The number of benzene rings is 1. The fourth-order valence-corrected chi connectivity index (χ4v) is 1.55. The minimum Gasteiger partial charge on any atom is -0.494 e. The second-order valence-corrected chi connectivity index (χ2v) is 4.31. The van der Waals surface area contributed by atoms with Crippen LogP contribution in [0.2, 0.25) is 0 Å². The van der Waals surface area contributed by atoms with Crippen LogP contribution in [0.1, 0.15) is 36.2 Å². The Morgan fingerprint density at radius 2 is 1.95 bits per heavy atom. The van der Waals surface area contributed by atoms with Gasteiger partial charge in [0.25, 0.3) is 0 Å². The third-order valence-electron chi connectivity index (χ3n) is 2.62. The quantitative estimate of drug-likeness (QED) is 0.459. The number of carbonyl (C=O) groups is 1. The van der Waals surface area contributed by atoms with Gasteiger partial charge in [0.2, 0.25) is 5.76 Å². The molecule has 2 aromatic rings. The van der Waals surface area contributed by atoms with Crippen LogP contribution in [0.15, 0.2) is 34.9 Å². The monoisotopic (exact) mass is 275 g/mol. The van der Waals surface area contributed by atoms with E-state index in [1.54, 1.807) is 31.2 Å². The Morgan fingerprint density at radius 3 is 2.55 bits per heavy atom. The van der Waals surface area contributed by atoms with E-state index in [-0.39, 0.29) is 5.76 Å². The van der Waals surface area contributed by atoms with Gasteiger partial charge in [-0.1, -0.05) is 13.3 Å². The van der Waals surface area contributed by atoms with Crippen molar-refractivity contribution >= 4 is 5.97 Å². The Balaban J connectivity index is 1.91. The second kappa shape index (κ2) is 6.75. The Hall–Kier alpha value is -2.30. The van der Waals surface area contributed by atoms with Gasteiger partial charge < -0.3 is 13.9 Å². The van der Waals surface area contributed by atoms with Gasteiger partial charge in [0.05, 0.1) is 12.8 Å². The highest BCUT2D eigenvalue weighted by Crippen LogP contribution is 2.19. The highest BCUT2D eigenvalue weighted by molar-refractivity contribution is 5.87. The molecule has 1 aromatic carbocycles. The average Bonchev–Trinajstić information content (AvgIpc) is 2.88. The molecule has 0 fully saturated rings. The maximum absolute atomic E-state index is 11.7. The zero-order valence-corrected chi connectivity index (χ0v) is 11.6. The molecule has 5 nitrogen and oxygen atoms in total. The molecular formula is C15H17NO4. The van der Waals surface area contributed by atoms with Gasteiger partial charge in [-0.05, 0) is 30.7 Å². The molecule has 1 heterocycles. The molecule has 0 saturated heterocycles. The molecule has 106 valence electrons. The van der Waals surface area contributed by atoms with Crippen LogP contribution in [0.3, 0.4) is 0 Å². The molecule has 0 N–H and O–H groups in total. The topological polar surface area (TPSA) is 61.6 Å². The van der Waals surface area contributed by atoms with E-state index in [9.17, 15) is 4.79 Å². The number of aromatic nitrogens is 1. The minimum atomic E-state index is -0.565. The summed E-state index contributed by atoms with van der Waals surface area (Å²) in [7, 11) is 0. The Kier molecular flexibility index (Phi) is 4.76. The van der Waals surface area contributed by atoms with Crippen LogP contribution in [0.25, 0.3) is 0 Å². The first-order valence-electron chi connectivity index (χ1n) is 6.56. The fourth-order valence-electron chi connectivity index (χ4n) is 1.55. The summed E-state index contributed by atoms with van der Waals surface area (Å²) >= 11 is 0. The lowest BCUT2D eigenvalue weighted by Gasteiger charge is -2.06. The predicted molar refractivity (Wildman–Crippen MR) is 73.0 cm³/mol. The van der Waals surface area contributed by atoms with Crippen LogP contribution in [0.4, 0.5) is 0 Å². The van der Waals surface area contributed by atoms with Crippen LogP contribution >= 0.6 is 0 Å². The smallest absolute Gasteiger partial charge is 0.381 e. The Labute approximate surface area is 117 Å². The number of esters is 1. The van der Waals surface area contributed by atoms with Crippen molar-refractivity contribution in [3.8, 4) is 11.5 Å². The molecule has 0 saturated carbocycles. The van der Waals surface area contributed by atoms with E-state index in [1.807, 2.05) is 0 Å². The number of ether oxygens (including phenoxy) is 2. The van der Waals surface area contributed by atoms with Crippen molar-refractivity contribution in [2.24, 2.45) is 0 Å². The van der Waals surface area contributed by atoms with Crippen molar-refractivity contribution in [3.63, 3.8) is 0 Å². The summed E-state index contributed by atoms with van der Waals surface area (Å²) in [5, 5.41) is 0. The molecular weight excluding hydrogens is 258 g/mol. The number of aryl methyl sites for hydroxylation is 1. The lowest BCUT2D eigenvalue weighted by Crippen LogP contribution is -2.07. The van der Waals surface area contributed by atoms with Gasteiger partial charge in [-0.2, -0.15) is 0 Å². The molecule has 0 spiro atoms. The van der Waals surface area contributed by atoms with Gasteiger partial charge in [-0.25, -0.2) is 9.78 Å². The second-order valence-electron chi connectivity index (χ2n) is 4.31. The van der Waals surface area contributed by atoms with Crippen LogP contribution < -0.4 is 9.47 Å². The van der Waals surface area contributed by atoms with Crippen LogP contribution in [0, 0.1) is 6.92 Å². The molecule has 0 bridgehead atoms. The normalized spacial score (nSPS) is 10.3.